The summed E-state index contributed by atoms with van der Waals surface area (Å²) in [5.74, 6) is -1.09. The number of rotatable bonds is 3. The van der Waals surface area contributed by atoms with Crippen LogP contribution in [-0.4, -0.2) is 30.6 Å². The van der Waals surface area contributed by atoms with Crippen LogP contribution in [0.2, 0.25) is 5.15 Å². The lowest BCUT2D eigenvalue weighted by atomic mass is 10.2. The molecule has 0 aliphatic carbocycles. The highest BCUT2D eigenvalue weighted by Crippen LogP contribution is 2.28. The Morgan fingerprint density at radius 3 is 2.76 bits per heavy atom. The van der Waals surface area contributed by atoms with E-state index < -0.39 is 5.97 Å². The van der Waals surface area contributed by atoms with Crippen molar-refractivity contribution < 1.29 is 9.90 Å². The molecule has 0 saturated heterocycles. The Balaban J connectivity index is 2.69. The highest BCUT2D eigenvalue weighted by atomic mass is 35.5. The first-order valence-corrected chi connectivity index (χ1v) is 5.42. The third-order valence-electron chi connectivity index (χ3n) is 2.47. The van der Waals surface area contributed by atoms with E-state index >= 15 is 0 Å². The summed E-state index contributed by atoms with van der Waals surface area (Å²) in [4.78, 5) is 11.2. The number of aryl methyl sites for hydroxylation is 2. The Kier molecular flexibility index (Phi) is 2.89. The molecule has 0 fully saturated rings. The first kappa shape index (κ1) is 11.7. The molecule has 7 heteroatoms. The molecule has 2 heterocycles. The molecule has 17 heavy (non-hydrogen) atoms. The number of carboxylic acids is 1. The number of hydrogen-bond donors (Lipinski definition) is 1. The molecular formula is C10H11ClN4O2. The number of carboxylic acid groups (broad SMARTS) is 1. The van der Waals surface area contributed by atoms with Crippen molar-refractivity contribution >= 4 is 17.6 Å². The van der Waals surface area contributed by atoms with Crippen LogP contribution in [0.1, 0.15) is 17.3 Å². The second-order valence-corrected chi connectivity index (χ2v) is 3.83. The van der Waals surface area contributed by atoms with Crippen LogP contribution < -0.4 is 0 Å². The van der Waals surface area contributed by atoms with Crippen molar-refractivity contribution in [2.75, 3.05) is 0 Å². The quantitative estimate of drug-likeness (QED) is 0.904. The molecule has 0 aromatic carbocycles. The summed E-state index contributed by atoms with van der Waals surface area (Å²) in [5, 5.41) is 17.5. The van der Waals surface area contributed by atoms with Gasteiger partial charge in [0.2, 0.25) is 0 Å². The van der Waals surface area contributed by atoms with Gasteiger partial charge >= 0.3 is 5.97 Å². The van der Waals surface area contributed by atoms with Crippen LogP contribution in [0.4, 0.5) is 0 Å². The van der Waals surface area contributed by atoms with Crippen LogP contribution in [0.3, 0.4) is 0 Å². The lowest BCUT2D eigenvalue weighted by Crippen LogP contribution is -2.01. The van der Waals surface area contributed by atoms with Gasteiger partial charge in [-0.05, 0) is 13.0 Å². The van der Waals surface area contributed by atoms with Crippen LogP contribution in [0.15, 0.2) is 12.3 Å². The summed E-state index contributed by atoms with van der Waals surface area (Å²) in [6.45, 7) is 2.36. The zero-order chi connectivity index (χ0) is 12.6. The van der Waals surface area contributed by atoms with Gasteiger partial charge < -0.3 is 5.11 Å². The molecule has 0 bridgehead atoms. The minimum atomic E-state index is -1.09. The first-order valence-electron chi connectivity index (χ1n) is 5.04. The smallest absolute Gasteiger partial charge is 0.341 e. The molecule has 0 saturated carbocycles. The van der Waals surface area contributed by atoms with Crippen molar-refractivity contribution in [3.63, 3.8) is 0 Å². The Bertz CT molecular complexity index is 573. The molecule has 2 aromatic heterocycles. The zero-order valence-electron chi connectivity index (χ0n) is 9.38. The van der Waals surface area contributed by atoms with Crippen LogP contribution >= 0.6 is 11.6 Å². The molecule has 2 aromatic rings. The van der Waals surface area contributed by atoms with E-state index in [1.165, 1.54) is 4.68 Å². The average molecular weight is 255 g/mol. The minimum absolute atomic E-state index is 0.0112. The molecule has 90 valence electrons. The molecule has 0 spiro atoms. The van der Waals surface area contributed by atoms with Gasteiger partial charge in [-0.15, -0.1) is 0 Å². The predicted octanol–water partition coefficient (Wildman–Crippen LogP) is 1.66. The molecule has 1 N–H and O–H groups in total. The third kappa shape index (κ3) is 1.80. The maximum Gasteiger partial charge on any atom is 0.341 e. The fourth-order valence-electron chi connectivity index (χ4n) is 1.63. The number of hydrogen-bond acceptors (Lipinski definition) is 3. The number of aromatic nitrogens is 4. The summed E-state index contributed by atoms with van der Waals surface area (Å²) in [6, 6.07) is 1.70. The molecule has 0 unspecified atom stereocenters. The van der Waals surface area contributed by atoms with E-state index in [0.717, 1.165) is 0 Å². The Morgan fingerprint density at radius 2 is 2.29 bits per heavy atom. The van der Waals surface area contributed by atoms with Crippen LogP contribution in [0.5, 0.6) is 0 Å². The van der Waals surface area contributed by atoms with Gasteiger partial charge in [0.25, 0.3) is 0 Å². The third-order valence-corrected chi connectivity index (χ3v) is 2.85. The van der Waals surface area contributed by atoms with E-state index in [9.17, 15) is 9.90 Å². The highest BCUT2D eigenvalue weighted by Gasteiger charge is 2.24. The van der Waals surface area contributed by atoms with E-state index in [0.29, 0.717) is 17.9 Å². The number of aromatic carboxylic acids is 1. The van der Waals surface area contributed by atoms with Gasteiger partial charge in [0, 0.05) is 19.8 Å². The van der Waals surface area contributed by atoms with Crippen LogP contribution in [0.25, 0.3) is 11.4 Å². The summed E-state index contributed by atoms with van der Waals surface area (Å²) in [7, 11) is 1.72. The van der Waals surface area contributed by atoms with Crippen molar-refractivity contribution in [3.8, 4) is 11.4 Å². The Morgan fingerprint density at radius 1 is 1.59 bits per heavy atom. The van der Waals surface area contributed by atoms with Crippen molar-refractivity contribution in [1.29, 1.82) is 0 Å². The molecule has 2 rings (SSSR count). The average Bonchev–Trinajstić information content (AvgIpc) is 2.81. The molecule has 0 radical (unpaired) electrons. The van der Waals surface area contributed by atoms with Crippen molar-refractivity contribution in [2.24, 2.45) is 7.05 Å². The number of carbonyl (C=O) groups is 1. The highest BCUT2D eigenvalue weighted by molar-refractivity contribution is 6.33. The van der Waals surface area contributed by atoms with Crippen LogP contribution in [-0.2, 0) is 13.6 Å². The Labute approximate surface area is 102 Å². The predicted molar refractivity (Wildman–Crippen MR) is 62.1 cm³/mol. The Hall–Kier alpha value is -1.82. The molecule has 0 amide bonds. The molecule has 6 nitrogen and oxygen atoms in total. The first-order chi connectivity index (χ1) is 8.06. The molecule has 0 atom stereocenters. The maximum atomic E-state index is 11.2. The normalized spacial score (nSPS) is 10.8. The van der Waals surface area contributed by atoms with Gasteiger partial charge in [-0.25, -0.2) is 4.79 Å². The summed E-state index contributed by atoms with van der Waals surface area (Å²) in [6.07, 6.45) is 1.58. The summed E-state index contributed by atoms with van der Waals surface area (Å²) >= 11 is 5.98. The summed E-state index contributed by atoms with van der Waals surface area (Å²) in [5.41, 5.74) is 0.970. The van der Waals surface area contributed by atoms with E-state index in [-0.39, 0.29) is 10.7 Å². The van der Waals surface area contributed by atoms with Gasteiger partial charge in [0.15, 0.2) is 0 Å². The summed E-state index contributed by atoms with van der Waals surface area (Å²) < 4.78 is 3.01. The topological polar surface area (TPSA) is 72.9 Å². The van der Waals surface area contributed by atoms with Crippen molar-refractivity contribution in [2.45, 2.75) is 13.5 Å². The SMILES string of the molecule is CCn1nc(-c2ccnn2C)c(C(=O)O)c1Cl. The van der Waals surface area contributed by atoms with Crippen molar-refractivity contribution in [3.05, 3.63) is 23.0 Å². The van der Waals surface area contributed by atoms with Crippen LogP contribution in [0, 0.1) is 0 Å². The number of nitrogens with zero attached hydrogens (tertiary/aromatic N) is 4. The molecule has 0 aliphatic heterocycles. The molecule has 0 aliphatic rings. The molecular weight excluding hydrogens is 244 g/mol. The fourth-order valence-corrected chi connectivity index (χ4v) is 1.95. The standard InChI is InChI=1S/C10H11ClN4O2/c1-3-15-9(11)7(10(16)17)8(13-15)6-4-5-12-14(6)2/h4-5H,3H2,1-2H3,(H,16,17). The van der Waals surface area contributed by atoms with E-state index in [1.807, 2.05) is 6.92 Å². The minimum Gasteiger partial charge on any atom is -0.477 e. The van der Waals surface area contributed by atoms with Gasteiger partial charge in [0.05, 0.1) is 5.69 Å². The van der Waals surface area contributed by atoms with Gasteiger partial charge in [0.1, 0.15) is 16.4 Å². The number of halogens is 1. The van der Waals surface area contributed by atoms with Gasteiger partial charge in [-0.1, -0.05) is 11.6 Å². The fraction of sp³-hybridized carbons (Fsp3) is 0.300. The monoisotopic (exact) mass is 254 g/mol. The zero-order valence-corrected chi connectivity index (χ0v) is 10.1. The van der Waals surface area contributed by atoms with E-state index in [2.05, 4.69) is 10.2 Å². The largest absolute Gasteiger partial charge is 0.477 e. The second kappa shape index (κ2) is 4.21. The maximum absolute atomic E-state index is 11.2. The lowest BCUT2D eigenvalue weighted by molar-refractivity contribution is 0.0698. The van der Waals surface area contributed by atoms with E-state index in [1.54, 1.807) is 24.0 Å². The van der Waals surface area contributed by atoms with Gasteiger partial charge in [-0.3, -0.25) is 9.36 Å². The van der Waals surface area contributed by atoms with Gasteiger partial charge in [-0.2, -0.15) is 10.2 Å². The lowest BCUT2D eigenvalue weighted by Gasteiger charge is -1.98. The van der Waals surface area contributed by atoms with E-state index in [4.69, 9.17) is 11.6 Å². The second-order valence-electron chi connectivity index (χ2n) is 3.48. The van der Waals surface area contributed by atoms with Crippen molar-refractivity contribution in [1.82, 2.24) is 19.6 Å².